The lowest BCUT2D eigenvalue weighted by molar-refractivity contribution is 0.0680. The smallest absolute Gasteiger partial charge is 0.211 e. The standard InChI is InChI=1S/C12H25NO4S/c1-3-17-8-6-12(14)9-11-5-4-7-13(10-11)18(2,15)16/h11-12,14H,3-10H2,1-2H3. The molecule has 1 aliphatic rings. The van der Waals surface area contributed by atoms with Crippen molar-refractivity contribution in [1.82, 2.24) is 4.31 Å². The Labute approximate surface area is 110 Å². The fourth-order valence-corrected chi connectivity index (χ4v) is 3.33. The summed E-state index contributed by atoms with van der Waals surface area (Å²) in [6, 6.07) is 0. The molecule has 5 nitrogen and oxygen atoms in total. The third-order valence-electron chi connectivity index (χ3n) is 3.36. The van der Waals surface area contributed by atoms with Crippen molar-refractivity contribution in [2.24, 2.45) is 5.92 Å². The van der Waals surface area contributed by atoms with E-state index in [0.717, 1.165) is 12.8 Å². The van der Waals surface area contributed by atoms with Crippen molar-refractivity contribution in [1.29, 1.82) is 0 Å². The van der Waals surface area contributed by atoms with E-state index in [1.54, 1.807) is 0 Å². The van der Waals surface area contributed by atoms with E-state index in [1.807, 2.05) is 6.92 Å². The first kappa shape index (κ1) is 15.9. The number of rotatable bonds is 7. The molecule has 0 saturated carbocycles. The normalized spacial score (nSPS) is 24.1. The molecule has 2 atom stereocenters. The Kier molecular flexibility index (Phi) is 6.55. The van der Waals surface area contributed by atoms with Gasteiger partial charge in [-0.15, -0.1) is 0 Å². The maximum atomic E-state index is 11.5. The van der Waals surface area contributed by atoms with Crippen LogP contribution < -0.4 is 0 Å². The van der Waals surface area contributed by atoms with Crippen molar-refractivity contribution >= 4 is 10.0 Å². The molecule has 1 fully saturated rings. The van der Waals surface area contributed by atoms with Gasteiger partial charge in [-0.05, 0) is 38.5 Å². The van der Waals surface area contributed by atoms with Gasteiger partial charge >= 0.3 is 0 Å². The lowest BCUT2D eigenvalue weighted by Crippen LogP contribution is -2.40. The van der Waals surface area contributed by atoms with Crippen molar-refractivity contribution in [3.63, 3.8) is 0 Å². The van der Waals surface area contributed by atoms with E-state index >= 15 is 0 Å². The zero-order valence-electron chi connectivity index (χ0n) is 11.3. The van der Waals surface area contributed by atoms with Gasteiger partial charge < -0.3 is 9.84 Å². The van der Waals surface area contributed by atoms with Gasteiger partial charge in [0.05, 0.1) is 12.4 Å². The number of ether oxygens (including phenoxy) is 1. The van der Waals surface area contributed by atoms with E-state index in [0.29, 0.717) is 39.1 Å². The van der Waals surface area contributed by atoms with E-state index in [4.69, 9.17) is 4.74 Å². The lowest BCUT2D eigenvalue weighted by atomic mass is 9.92. The fourth-order valence-electron chi connectivity index (χ4n) is 2.39. The molecule has 108 valence electrons. The first-order valence-electron chi connectivity index (χ1n) is 6.64. The Balaban J connectivity index is 2.33. The van der Waals surface area contributed by atoms with E-state index in [2.05, 4.69) is 0 Å². The van der Waals surface area contributed by atoms with Crippen molar-refractivity contribution in [3.8, 4) is 0 Å². The van der Waals surface area contributed by atoms with Gasteiger partial charge in [-0.2, -0.15) is 0 Å². The van der Waals surface area contributed by atoms with Crippen LogP contribution in [0, 0.1) is 5.92 Å². The highest BCUT2D eigenvalue weighted by molar-refractivity contribution is 7.88. The lowest BCUT2D eigenvalue weighted by Gasteiger charge is -2.32. The van der Waals surface area contributed by atoms with Crippen LogP contribution in [0.4, 0.5) is 0 Å². The Morgan fingerprint density at radius 3 is 2.83 bits per heavy atom. The highest BCUT2D eigenvalue weighted by Crippen LogP contribution is 2.23. The van der Waals surface area contributed by atoms with E-state index in [-0.39, 0.29) is 12.0 Å². The van der Waals surface area contributed by atoms with Crippen molar-refractivity contribution < 1.29 is 18.3 Å². The second kappa shape index (κ2) is 7.43. The van der Waals surface area contributed by atoms with Gasteiger partial charge in [0.25, 0.3) is 0 Å². The summed E-state index contributed by atoms with van der Waals surface area (Å²) in [7, 11) is -3.09. The van der Waals surface area contributed by atoms with Crippen LogP contribution in [0.5, 0.6) is 0 Å². The van der Waals surface area contributed by atoms with E-state index in [9.17, 15) is 13.5 Å². The Hall–Kier alpha value is -0.170. The van der Waals surface area contributed by atoms with Crippen LogP contribution in [-0.4, -0.2) is 56.5 Å². The molecule has 1 rings (SSSR count). The Morgan fingerprint density at radius 1 is 1.50 bits per heavy atom. The minimum absolute atomic E-state index is 0.269. The predicted octanol–water partition coefficient (Wildman–Crippen LogP) is 0.836. The van der Waals surface area contributed by atoms with Crippen LogP contribution in [0.15, 0.2) is 0 Å². The van der Waals surface area contributed by atoms with Gasteiger partial charge in [0.15, 0.2) is 0 Å². The van der Waals surface area contributed by atoms with Crippen molar-refractivity contribution in [2.75, 3.05) is 32.6 Å². The number of nitrogens with zero attached hydrogens (tertiary/aromatic N) is 1. The number of hydrogen-bond donors (Lipinski definition) is 1. The minimum atomic E-state index is -3.09. The number of hydrogen-bond acceptors (Lipinski definition) is 4. The first-order chi connectivity index (χ1) is 8.43. The summed E-state index contributed by atoms with van der Waals surface area (Å²) >= 11 is 0. The molecule has 0 spiro atoms. The van der Waals surface area contributed by atoms with Gasteiger partial charge in [-0.25, -0.2) is 12.7 Å². The van der Waals surface area contributed by atoms with Crippen LogP contribution in [0.2, 0.25) is 0 Å². The summed E-state index contributed by atoms with van der Waals surface area (Å²) in [5.41, 5.74) is 0. The molecule has 18 heavy (non-hydrogen) atoms. The van der Waals surface area contributed by atoms with Crippen LogP contribution in [0.25, 0.3) is 0 Å². The molecule has 0 radical (unpaired) electrons. The second-order valence-electron chi connectivity index (χ2n) is 5.00. The molecule has 0 amide bonds. The molecule has 0 aliphatic carbocycles. The summed E-state index contributed by atoms with van der Waals surface area (Å²) in [5.74, 6) is 0.269. The average molecular weight is 279 g/mol. The molecule has 6 heteroatoms. The van der Waals surface area contributed by atoms with E-state index in [1.165, 1.54) is 10.6 Å². The van der Waals surface area contributed by atoms with Gasteiger partial charge in [0, 0.05) is 26.3 Å². The molecule has 1 N–H and O–H groups in total. The summed E-state index contributed by atoms with van der Waals surface area (Å²) < 4.78 is 29.7. The average Bonchev–Trinajstić information content (AvgIpc) is 2.28. The van der Waals surface area contributed by atoms with Gasteiger partial charge in [0.1, 0.15) is 0 Å². The molecule has 0 aromatic heterocycles. The quantitative estimate of drug-likeness (QED) is 0.701. The summed E-state index contributed by atoms with van der Waals surface area (Å²) in [6.45, 7) is 4.32. The number of aliphatic hydroxyl groups excluding tert-OH is 1. The van der Waals surface area contributed by atoms with Gasteiger partial charge in [-0.1, -0.05) is 0 Å². The van der Waals surface area contributed by atoms with Crippen LogP contribution in [0.1, 0.15) is 32.6 Å². The molecule has 0 aromatic carbocycles. The predicted molar refractivity (Wildman–Crippen MR) is 70.9 cm³/mol. The molecule has 1 aliphatic heterocycles. The molecular weight excluding hydrogens is 254 g/mol. The number of aliphatic hydroxyl groups is 1. The third kappa shape index (κ3) is 5.65. The Bertz CT molecular complexity index is 331. The second-order valence-corrected chi connectivity index (χ2v) is 6.99. The Morgan fingerprint density at radius 2 is 2.22 bits per heavy atom. The molecule has 0 bridgehead atoms. The molecule has 2 unspecified atom stereocenters. The van der Waals surface area contributed by atoms with E-state index < -0.39 is 10.0 Å². The molecule has 0 aromatic rings. The zero-order chi connectivity index (χ0) is 13.6. The van der Waals surface area contributed by atoms with Crippen LogP contribution in [-0.2, 0) is 14.8 Å². The highest BCUT2D eigenvalue weighted by Gasteiger charge is 2.27. The molecule has 1 heterocycles. The minimum Gasteiger partial charge on any atom is -0.393 e. The molecule has 1 saturated heterocycles. The zero-order valence-corrected chi connectivity index (χ0v) is 12.2. The van der Waals surface area contributed by atoms with Gasteiger partial charge in [-0.3, -0.25) is 0 Å². The maximum Gasteiger partial charge on any atom is 0.211 e. The molecular formula is C12H25NO4S. The summed E-state index contributed by atoms with van der Waals surface area (Å²) in [4.78, 5) is 0. The number of piperidine rings is 1. The number of sulfonamides is 1. The maximum absolute atomic E-state index is 11.5. The summed E-state index contributed by atoms with van der Waals surface area (Å²) in [5, 5.41) is 9.87. The van der Waals surface area contributed by atoms with Crippen molar-refractivity contribution in [2.45, 2.75) is 38.7 Å². The van der Waals surface area contributed by atoms with Crippen molar-refractivity contribution in [3.05, 3.63) is 0 Å². The third-order valence-corrected chi connectivity index (χ3v) is 4.63. The topological polar surface area (TPSA) is 66.8 Å². The monoisotopic (exact) mass is 279 g/mol. The first-order valence-corrected chi connectivity index (χ1v) is 8.49. The van der Waals surface area contributed by atoms with Gasteiger partial charge in [0.2, 0.25) is 10.0 Å². The fraction of sp³-hybridized carbons (Fsp3) is 1.00. The SMILES string of the molecule is CCOCCC(O)CC1CCCN(S(C)(=O)=O)C1. The van der Waals surface area contributed by atoms with Crippen LogP contribution >= 0.6 is 0 Å². The largest absolute Gasteiger partial charge is 0.393 e. The summed E-state index contributed by atoms with van der Waals surface area (Å²) in [6.07, 6.45) is 4.04. The highest BCUT2D eigenvalue weighted by atomic mass is 32.2. The van der Waals surface area contributed by atoms with Crippen LogP contribution in [0.3, 0.4) is 0 Å².